The van der Waals surface area contributed by atoms with E-state index in [9.17, 15) is 4.79 Å². The predicted molar refractivity (Wildman–Crippen MR) is 65.3 cm³/mol. The largest absolute Gasteiger partial charge is 0.469 e. The Morgan fingerprint density at radius 2 is 2.39 bits per heavy atom. The summed E-state index contributed by atoms with van der Waals surface area (Å²) in [7, 11) is 0. The number of rotatable bonds is 4. The van der Waals surface area contributed by atoms with Crippen molar-refractivity contribution in [3.05, 3.63) is 36.0 Å². The first-order chi connectivity index (χ1) is 8.63. The van der Waals surface area contributed by atoms with Crippen LogP contribution in [0.1, 0.15) is 18.4 Å². The molecular formula is C12H15N3O3. The Kier molecular flexibility index (Phi) is 3.66. The van der Waals surface area contributed by atoms with Gasteiger partial charge in [-0.2, -0.15) is 0 Å². The number of urea groups is 1. The fourth-order valence-corrected chi connectivity index (χ4v) is 1.58. The molecule has 2 heterocycles. The van der Waals surface area contributed by atoms with Crippen LogP contribution in [0, 0.1) is 6.92 Å². The molecule has 6 heteroatoms. The minimum atomic E-state index is -0.317. The second-order valence-electron chi connectivity index (χ2n) is 4.11. The topological polar surface area (TPSA) is 80.3 Å². The summed E-state index contributed by atoms with van der Waals surface area (Å²) in [5.74, 6) is 1.88. The molecule has 96 valence electrons. The molecule has 0 aliphatic carbocycles. The van der Waals surface area contributed by atoms with Crippen molar-refractivity contribution >= 4 is 11.8 Å². The average molecular weight is 249 g/mol. The molecule has 0 aromatic carbocycles. The van der Waals surface area contributed by atoms with Gasteiger partial charge in [0, 0.05) is 18.5 Å². The molecule has 0 saturated heterocycles. The maximum absolute atomic E-state index is 11.6. The smallest absolute Gasteiger partial charge is 0.320 e. The van der Waals surface area contributed by atoms with Crippen LogP contribution in [0.25, 0.3) is 0 Å². The second-order valence-corrected chi connectivity index (χ2v) is 4.11. The van der Waals surface area contributed by atoms with Crippen LogP contribution in [0.3, 0.4) is 0 Å². The van der Waals surface area contributed by atoms with E-state index in [-0.39, 0.29) is 12.1 Å². The van der Waals surface area contributed by atoms with E-state index in [4.69, 9.17) is 8.94 Å². The fourth-order valence-electron chi connectivity index (χ4n) is 1.58. The van der Waals surface area contributed by atoms with Crippen molar-refractivity contribution in [3.63, 3.8) is 0 Å². The third-order valence-corrected chi connectivity index (χ3v) is 2.33. The molecule has 0 aliphatic heterocycles. The third-order valence-electron chi connectivity index (χ3n) is 2.33. The molecular weight excluding hydrogens is 234 g/mol. The summed E-state index contributed by atoms with van der Waals surface area (Å²) in [5, 5.41) is 9.05. The standard InChI is InChI=1S/C12H15N3O3/c1-8(6-10-4-3-5-17-10)13-12(16)14-11-7-9(2)18-15-11/h3-5,7-8H,6H2,1-2H3,(H2,13,14,15,16)/t8-/m0/s1. The minimum absolute atomic E-state index is 0.0378. The van der Waals surface area contributed by atoms with E-state index in [1.807, 2.05) is 19.1 Å². The number of hydrogen-bond acceptors (Lipinski definition) is 4. The third kappa shape index (κ3) is 3.38. The van der Waals surface area contributed by atoms with Crippen LogP contribution in [0.5, 0.6) is 0 Å². The van der Waals surface area contributed by atoms with Gasteiger partial charge in [0.1, 0.15) is 11.5 Å². The number of furan rings is 1. The van der Waals surface area contributed by atoms with Gasteiger partial charge in [-0.15, -0.1) is 0 Å². The fraction of sp³-hybridized carbons (Fsp3) is 0.333. The van der Waals surface area contributed by atoms with Gasteiger partial charge in [-0.05, 0) is 26.0 Å². The van der Waals surface area contributed by atoms with Crippen LogP contribution < -0.4 is 10.6 Å². The Hall–Kier alpha value is -2.24. The SMILES string of the molecule is Cc1cc(NC(=O)N[C@@H](C)Cc2ccco2)no1. The molecule has 2 aromatic rings. The van der Waals surface area contributed by atoms with Gasteiger partial charge < -0.3 is 14.3 Å². The van der Waals surface area contributed by atoms with Crippen molar-refractivity contribution in [3.8, 4) is 0 Å². The van der Waals surface area contributed by atoms with Gasteiger partial charge >= 0.3 is 6.03 Å². The summed E-state index contributed by atoms with van der Waals surface area (Å²) < 4.78 is 10.1. The van der Waals surface area contributed by atoms with Gasteiger partial charge in [-0.1, -0.05) is 5.16 Å². The number of nitrogens with one attached hydrogen (secondary N) is 2. The van der Waals surface area contributed by atoms with E-state index in [0.29, 0.717) is 18.0 Å². The summed E-state index contributed by atoms with van der Waals surface area (Å²) in [4.78, 5) is 11.6. The highest BCUT2D eigenvalue weighted by molar-refractivity contribution is 5.88. The number of nitrogens with zero attached hydrogens (tertiary/aromatic N) is 1. The maximum Gasteiger partial charge on any atom is 0.320 e. The molecule has 18 heavy (non-hydrogen) atoms. The van der Waals surface area contributed by atoms with Crippen molar-refractivity contribution in [2.45, 2.75) is 26.3 Å². The van der Waals surface area contributed by atoms with Crippen LogP contribution in [-0.2, 0) is 6.42 Å². The normalized spacial score (nSPS) is 12.1. The minimum Gasteiger partial charge on any atom is -0.469 e. The molecule has 0 radical (unpaired) electrons. The second kappa shape index (κ2) is 5.39. The predicted octanol–water partition coefficient (Wildman–Crippen LogP) is 2.33. The Labute approximate surface area is 104 Å². The molecule has 2 N–H and O–H groups in total. The van der Waals surface area contributed by atoms with Gasteiger partial charge in [0.2, 0.25) is 0 Å². The average Bonchev–Trinajstić information content (AvgIpc) is 2.90. The highest BCUT2D eigenvalue weighted by Crippen LogP contribution is 2.07. The highest BCUT2D eigenvalue weighted by Gasteiger charge is 2.11. The molecule has 2 aromatic heterocycles. The van der Waals surface area contributed by atoms with Crippen molar-refractivity contribution in [1.82, 2.24) is 10.5 Å². The van der Waals surface area contributed by atoms with Gasteiger partial charge in [0.15, 0.2) is 5.82 Å². The van der Waals surface area contributed by atoms with E-state index in [1.165, 1.54) is 0 Å². The first kappa shape index (κ1) is 12.2. The van der Waals surface area contributed by atoms with Gasteiger partial charge in [-0.3, -0.25) is 5.32 Å². The first-order valence-electron chi connectivity index (χ1n) is 5.66. The van der Waals surface area contributed by atoms with Crippen LogP contribution in [0.15, 0.2) is 33.4 Å². The highest BCUT2D eigenvalue weighted by atomic mass is 16.5. The number of carbonyl (C=O) groups excluding carboxylic acids is 1. The number of carbonyl (C=O) groups is 1. The lowest BCUT2D eigenvalue weighted by atomic mass is 10.2. The quantitative estimate of drug-likeness (QED) is 0.871. The van der Waals surface area contributed by atoms with Crippen molar-refractivity contribution in [2.24, 2.45) is 0 Å². The van der Waals surface area contributed by atoms with Crippen molar-refractivity contribution in [2.75, 3.05) is 5.32 Å². The van der Waals surface area contributed by atoms with Crippen molar-refractivity contribution in [1.29, 1.82) is 0 Å². The molecule has 2 amide bonds. The van der Waals surface area contributed by atoms with Crippen LogP contribution in [0.4, 0.5) is 10.6 Å². The van der Waals surface area contributed by atoms with Gasteiger partial charge in [-0.25, -0.2) is 4.79 Å². The van der Waals surface area contributed by atoms with Crippen molar-refractivity contribution < 1.29 is 13.7 Å². The number of aryl methyl sites for hydroxylation is 1. The Morgan fingerprint density at radius 1 is 1.56 bits per heavy atom. The zero-order chi connectivity index (χ0) is 13.0. The lowest BCUT2D eigenvalue weighted by molar-refractivity contribution is 0.248. The zero-order valence-electron chi connectivity index (χ0n) is 10.3. The number of anilines is 1. The molecule has 0 fully saturated rings. The summed E-state index contributed by atoms with van der Waals surface area (Å²) in [5.41, 5.74) is 0. The molecule has 6 nitrogen and oxygen atoms in total. The van der Waals surface area contributed by atoms with E-state index < -0.39 is 0 Å². The Balaban J connectivity index is 1.80. The molecule has 0 aliphatic rings. The molecule has 0 saturated carbocycles. The summed E-state index contributed by atoms with van der Waals surface area (Å²) in [6.45, 7) is 3.66. The molecule has 0 bridgehead atoms. The molecule has 1 atom stereocenters. The number of aromatic nitrogens is 1. The lowest BCUT2D eigenvalue weighted by Gasteiger charge is -2.12. The van der Waals surface area contributed by atoms with Gasteiger partial charge in [0.05, 0.1) is 6.26 Å². The summed E-state index contributed by atoms with van der Waals surface area (Å²) in [6.07, 6.45) is 2.25. The maximum atomic E-state index is 11.6. The zero-order valence-corrected chi connectivity index (χ0v) is 10.3. The van der Waals surface area contributed by atoms with Crippen LogP contribution in [-0.4, -0.2) is 17.2 Å². The molecule has 0 spiro atoms. The van der Waals surface area contributed by atoms with E-state index in [1.54, 1.807) is 19.3 Å². The number of amides is 2. The molecule has 0 unspecified atom stereocenters. The number of hydrogen-bond donors (Lipinski definition) is 2. The molecule has 2 rings (SSSR count). The van der Waals surface area contributed by atoms with Gasteiger partial charge in [0.25, 0.3) is 0 Å². The van der Waals surface area contributed by atoms with Crippen LogP contribution >= 0.6 is 0 Å². The van der Waals surface area contributed by atoms with E-state index in [0.717, 1.165) is 5.76 Å². The summed E-state index contributed by atoms with van der Waals surface area (Å²) >= 11 is 0. The van der Waals surface area contributed by atoms with Crippen LogP contribution in [0.2, 0.25) is 0 Å². The first-order valence-corrected chi connectivity index (χ1v) is 5.66. The van der Waals surface area contributed by atoms with E-state index >= 15 is 0 Å². The van der Waals surface area contributed by atoms with E-state index in [2.05, 4.69) is 15.8 Å². The Morgan fingerprint density at radius 3 is 3.00 bits per heavy atom. The summed E-state index contributed by atoms with van der Waals surface area (Å²) in [6, 6.07) is 4.99. The Bertz CT molecular complexity index is 504. The monoisotopic (exact) mass is 249 g/mol. The lowest BCUT2D eigenvalue weighted by Crippen LogP contribution is -2.37.